The number of rotatable bonds is 25. The van der Waals surface area contributed by atoms with Crippen molar-refractivity contribution in [2.24, 2.45) is 28.8 Å². The van der Waals surface area contributed by atoms with Crippen LogP contribution in [0.5, 0.6) is 34.5 Å². The number of anilines is 1. The van der Waals surface area contributed by atoms with Crippen LogP contribution in [0.1, 0.15) is 106 Å². The quantitative estimate of drug-likeness (QED) is 0.0243. The number of nitro benzene ring substituents is 1. The second-order valence-corrected chi connectivity index (χ2v) is 20.4. The highest BCUT2D eigenvalue weighted by Crippen LogP contribution is 2.62. The number of nitrogens with zero attached hydrogens (tertiary/aromatic N) is 3. The molecule has 0 unspecified atom stereocenters. The summed E-state index contributed by atoms with van der Waals surface area (Å²) in [4.78, 5) is 48.5. The molecule has 0 saturated heterocycles. The van der Waals surface area contributed by atoms with Crippen LogP contribution in [0.3, 0.4) is 0 Å². The van der Waals surface area contributed by atoms with Crippen LogP contribution in [-0.4, -0.2) is 90.4 Å². The number of nitrogens with one attached hydrogen (secondary N) is 1. The van der Waals surface area contributed by atoms with E-state index in [0.717, 1.165) is 55.2 Å². The van der Waals surface area contributed by atoms with Gasteiger partial charge in [0, 0.05) is 62.3 Å². The number of oxime groups is 1. The van der Waals surface area contributed by atoms with Crippen LogP contribution in [0.15, 0.2) is 108 Å². The summed E-state index contributed by atoms with van der Waals surface area (Å²) in [5.74, 6) is 0.383. The van der Waals surface area contributed by atoms with Crippen molar-refractivity contribution in [1.29, 1.82) is 0 Å². The van der Waals surface area contributed by atoms with Crippen molar-refractivity contribution in [3.05, 3.63) is 130 Å². The van der Waals surface area contributed by atoms with Gasteiger partial charge in [-0.15, -0.1) is 6.58 Å². The summed E-state index contributed by atoms with van der Waals surface area (Å²) >= 11 is 0. The van der Waals surface area contributed by atoms with Gasteiger partial charge in [-0.05, 0) is 121 Å². The monoisotopic (exact) mass is 1060 g/mol. The molecule has 9 rings (SSSR count). The summed E-state index contributed by atoms with van der Waals surface area (Å²) in [6.45, 7) is 4.44. The second kappa shape index (κ2) is 25.3. The highest BCUT2D eigenvalue weighted by Gasteiger charge is 2.65. The summed E-state index contributed by atoms with van der Waals surface area (Å²) in [5.41, 5.74) is 3.96. The Morgan fingerprint density at radius 1 is 0.883 bits per heavy atom. The maximum absolute atomic E-state index is 15.5. The SMILES string of the molecule is C=CCO[C@@]12Oc3ccc(OC(=O)Nc4ccc(OC)cc4OC)cc3[C@H]3[C@H](CCCCO)[C@@H](CCCCO)C=C(C(=NOCc4ccc([N+](=O)[O-])cc4)C[C@@H]1N(Cc1ccc4c(c1)OCO4)C(=O)CCC1CCCC1)[C@H]32. The van der Waals surface area contributed by atoms with Crippen molar-refractivity contribution in [3.63, 3.8) is 0 Å². The maximum atomic E-state index is 15.5. The van der Waals surface area contributed by atoms with Crippen LogP contribution >= 0.6 is 0 Å². The van der Waals surface area contributed by atoms with E-state index in [1.165, 1.54) is 19.2 Å². The van der Waals surface area contributed by atoms with E-state index in [0.29, 0.717) is 90.2 Å². The Balaban J connectivity index is 1.20. The van der Waals surface area contributed by atoms with E-state index in [1.807, 2.05) is 29.2 Å². The number of aliphatic hydroxyl groups is 2. The van der Waals surface area contributed by atoms with Crippen molar-refractivity contribution in [1.82, 2.24) is 4.90 Å². The molecule has 2 heterocycles. The molecule has 0 radical (unpaired) electrons. The average Bonchev–Trinajstić information content (AvgIpc) is 4.28. The normalized spacial score (nSPS) is 22.5. The topological polar surface area (TPSA) is 219 Å². The van der Waals surface area contributed by atoms with Gasteiger partial charge < -0.3 is 53.1 Å². The highest BCUT2D eigenvalue weighted by molar-refractivity contribution is 6.03. The minimum atomic E-state index is -1.57. The predicted molar refractivity (Wildman–Crippen MR) is 286 cm³/mol. The Morgan fingerprint density at radius 2 is 1.62 bits per heavy atom. The Kier molecular flexibility index (Phi) is 18.0. The van der Waals surface area contributed by atoms with E-state index < -0.39 is 34.7 Å². The largest absolute Gasteiger partial charge is 0.497 e. The lowest BCUT2D eigenvalue weighted by Gasteiger charge is -2.60. The van der Waals surface area contributed by atoms with Crippen LogP contribution in [0.2, 0.25) is 0 Å². The van der Waals surface area contributed by atoms with Gasteiger partial charge in [-0.3, -0.25) is 20.2 Å². The molecule has 410 valence electrons. The van der Waals surface area contributed by atoms with Crippen molar-refractivity contribution in [3.8, 4) is 34.5 Å². The number of non-ortho nitro benzene ring substituents is 1. The van der Waals surface area contributed by atoms with Gasteiger partial charge in [0.2, 0.25) is 18.5 Å². The fourth-order valence-corrected chi connectivity index (χ4v) is 12.1. The predicted octanol–water partition coefficient (Wildman–Crippen LogP) is 10.8. The Labute approximate surface area is 449 Å². The molecule has 4 aromatic carbocycles. The van der Waals surface area contributed by atoms with Gasteiger partial charge in [-0.2, -0.15) is 0 Å². The Bertz CT molecular complexity index is 2800. The molecule has 4 aromatic rings. The smallest absolute Gasteiger partial charge is 0.417 e. The number of nitro groups is 1. The van der Waals surface area contributed by atoms with Gasteiger partial charge in [-0.25, -0.2) is 4.79 Å². The van der Waals surface area contributed by atoms with E-state index >= 15 is 4.79 Å². The zero-order valence-corrected chi connectivity index (χ0v) is 43.9. The number of aliphatic hydroxyl groups excluding tert-OH is 2. The Hall–Kier alpha value is -7.15. The highest BCUT2D eigenvalue weighted by atomic mass is 16.7. The van der Waals surface area contributed by atoms with E-state index in [-0.39, 0.29) is 75.4 Å². The van der Waals surface area contributed by atoms with E-state index in [1.54, 1.807) is 55.7 Å². The molecule has 0 aromatic heterocycles. The number of carbonyl (C=O) groups excluding carboxylic acids is 2. The van der Waals surface area contributed by atoms with Crippen molar-refractivity contribution < 1.29 is 62.7 Å². The van der Waals surface area contributed by atoms with Crippen LogP contribution in [-0.2, 0) is 27.5 Å². The first-order valence-electron chi connectivity index (χ1n) is 26.9. The molecule has 6 atom stereocenters. The Morgan fingerprint density at radius 3 is 2.36 bits per heavy atom. The minimum Gasteiger partial charge on any atom is -0.497 e. The molecule has 3 aliphatic carbocycles. The van der Waals surface area contributed by atoms with Crippen molar-refractivity contribution in [2.75, 3.05) is 46.1 Å². The fourth-order valence-electron chi connectivity index (χ4n) is 12.1. The number of carbonyl (C=O) groups is 2. The van der Waals surface area contributed by atoms with Gasteiger partial charge in [0.15, 0.2) is 11.5 Å². The van der Waals surface area contributed by atoms with Gasteiger partial charge in [0.05, 0.1) is 43.1 Å². The van der Waals surface area contributed by atoms with Crippen LogP contribution in [0.4, 0.5) is 16.2 Å². The molecule has 2 fully saturated rings. The molecule has 0 bridgehead atoms. The average molecular weight is 1060 g/mol. The number of hydrogen-bond donors (Lipinski definition) is 3. The molecular formula is C59H70N4O14. The zero-order chi connectivity index (χ0) is 53.9. The summed E-state index contributed by atoms with van der Waals surface area (Å²) in [6, 6.07) is 21.3. The molecule has 2 aliphatic heterocycles. The van der Waals surface area contributed by atoms with Crippen molar-refractivity contribution >= 4 is 29.1 Å². The number of amides is 2. The number of ether oxygens (including phenoxy) is 7. The zero-order valence-electron chi connectivity index (χ0n) is 43.9. The lowest BCUT2D eigenvalue weighted by molar-refractivity contribution is -0.384. The first kappa shape index (κ1) is 54.6. The fraction of sp³-hybridized carbons (Fsp3) is 0.475. The summed E-state index contributed by atoms with van der Waals surface area (Å²) in [7, 11) is 3.04. The second-order valence-electron chi connectivity index (χ2n) is 20.4. The molecule has 18 nitrogen and oxygen atoms in total. The molecule has 5 aliphatic rings. The third-order valence-corrected chi connectivity index (χ3v) is 15.8. The lowest BCUT2D eigenvalue weighted by atomic mass is 9.55. The summed E-state index contributed by atoms with van der Waals surface area (Å²) in [6.07, 6.45) is 12.8. The van der Waals surface area contributed by atoms with Gasteiger partial charge in [-0.1, -0.05) is 61.9 Å². The molecule has 2 saturated carbocycles. The molecule has 18 heteroatoms. The number of allylic oxidation sites excluding steroid dienone is 1. The first-order valence-corrected chi connectivity index (χ1v) is 26.9. The third kappa shape index (κ3) is 12.3. The third-order valence-electron chi connectivity index (χ3n) is 15.8. The van der Waals surface area contributed by atoms with Gasteiger partial charge >= 0.3 is 6.09 Å². The van der Waals surface area contributed by atoms with Crippen LogP contribution < -0.4 is 33.7 Å². The van der Waals surface area contributed by atoms with E-state index in [2.05, 4.69) is 18.0 Å². The minimum absolute atomic E-state index is 0.00107. The molecule has 0 spiro atoms. The van der Waals surface area contributed by atoms with Gasteiger partial charge in [0.1, 0.15) is 35.6 Å². The standard InChI is InChI=1S/C59H70N4O14/c1-4-29-74-59-54(62(55(66)26-18-38-11-5-6-12-38)35-40-17-24-51-53(30-40)73-37-72-51)34-49(61-75-36-39-15-19-42(20-16-39)63(68)69)46-31-41(13-7-9-27-64)45(14-8-10-28-65)56(57(46)59)47-32-44(22-25-50(47)77-59)76-58(67)60-48-23-21-43(70-2)33-52(48)71-3/h4,15-17,19-25,30-33,38,41,45,54,56-57,64-65H,1,5-14,18,26-29,34-37H2,2-3H3,(H,60,67)/t41-,45+,54-,56+,57+,59+/m0/s1. The maximum Gasteiger partial charge on any atom is 0.417 e. The molecule has 2 amide bonds. The lowest BCUT2D eigenvalue weighted by Crippen LogP contribution is -2.70. The number of unbranched alkanes of at least 4 members (excludes halogenated alkanes) is 2. The molecule has 3 N–H and O–H groups in total. The summed E-state index contributed by atoms with van der Waals surface area (Å²) in [5, 5.41) is 39.5. The van der Waals surface area contributed by atoms with E-state index in [9.17, 15) is 25.1 Å². The number of benzene rings is 4. The molecular weight excluding hydrogens is 989 g/mol. The van der Waals surface area contributed by atoms with Gasteiger partial charge in [0.25, 0.3) is 5.69 Å². The number of methoxy groups -OCH3 is 2. The number of fused-ring (bicyclic) bond motifs is 3. The van der Waals surface area contributed by atoms with Crippen molar-refractivity contribution in [2.45, 2.75) is 114 Å². The van der Waals surface area contributed by atoms with Crippen LogP contribution in [0.25, 0.3) is 0 Å². The summed E-state index contributed by atoms with van der Waals surface area (Å²) < 4.78 is 43.3. The first-order chi connectivity index (χ1) is 37.6. The van der Waals surface area contributed by atoms with Crippen LogP contribution in [0, 0.1) is 33.8 Å². The molecule has 77 heavy (non-hydrogen) atoms. The number of hydrogen-bond acceptors (Lipinski definition) is 15. The van der Waals surface area contributed by atoms with E-state index in [4.69, 9.17) is 43.2 Å².